The number of fused-ring (bicyclic) bond motifs is 1. The Labute approximate surface area is 130 Å². The van der Waals surface area contributed by atoms with Crippen molar-refractivity contribution in [3.05, 3.63) is 29.8 Å². The summed E-state index contributed by atoms with van der Waals surface area (Å²) in [6, 6.07) is 6.18. The summed E-state index contributed by atoms with van der Waals surface area (Å²) in [5.74, 6) is -0.943. The SMILES string of the molecule is CCCC(CC)COC(=O)N1c2ccccc2CC1C(=O)[O-]. The molecule has 1 aromatic rings. The van der Waals surface area contributed by atoms with Gasteiger partial charge in [-0.3, -0.25) is 4.90 Å². The van der Waals surface area contributed by atoms with E-state index in [0.717, 1.165) is 24.8 Å². The molecule has 5 nitrogen and oxygen atoms in total. The average molecular weight is 304 g/mol. The summed E-state index contributed by atoms with van der Waals surface area (Å²) in [4.78, 5) is 24.9. The van der Waals surface area contributed by atoms with Crippen molar-refractivity contribution in [1.82, 2.24) is 0 Å². The third-order valence-electron chi connectivity index (χ3n) is 4.16. The van der Waals surface area contributed by atoms with Gasteiger partial charge in [0.2, 0.25) is 0 Å². The van der Waals surface area contributed by atoms with Gasteiger partial charge in [-0.15, -0.1) is 0 Å². The smallest absolute Gasteiger partial charge is 0.414 e. The molecule has 0 saturated heterocycles. The van der Waals surface area contributed by atoms with Gasteiger partial charge in [-0.05, 0) is 24.0 Å². The molecule has 1 aliphatic rings. The van der Waals surface area contributed by atoms with Gasteiger partial charge in [-0.1, -0.05) is 44.9 Å². The van der Waals surface area contributed by atoms with Gasteiger partial charge in [0.15, 0.2) is 0 Å². The van der Waals surface area contributed by atoms with Gasteiger partial charge in [0, 0.05) is 6.42 Å². The largest absolute Gasteiger partial charge is 0.548 e. The fraction of sp³-hybridized carbons (Fsp3) is 0.529. The number of amides is 1. The Kier molecular flexibility index (Phi) is 5.41. The summed E-state index contributed by atoms with van der Waals surface area (Å²) in [6.45, 7) is 4.47. The second-order valence-electron chi connectivity index (χ2n) is 5.68. The van der Waals surface area contributed by atoms with Gasteiger partial charge < -0.3 is 14.6 Å². The van der Waals surface area contributed by atoms with Crippen LogP contribution in [0.1, 0.15) is 38.7 Å². The molecule has 0 radical (unpaired) electrons. The van der Waals surface area contributed by atoms with Crippen LogP contribution in [0.3, 0.4) is 0 Å². The van der Waals surface area contributed by atoms with Crippen molar-refractivity contribution >= 4 is 17.7 Å². The van der Waals surface area contributed by atoms with Crippen molar-refractivity contribution in [2.75, 3.05) is 11.5 Å². The van der Waals surface area contributed by atoms with Crippen molar-refractivity contribution in [2.45, 2.75) is 45.6 Å². The van der Waals surface area contributed by atoms with E-state index < -0.39 is 18.1 Å². The molecular weight excluding hydrogens is 282 g/mol. The number of carbonyl (C=O) groups excluding carboxylic acids is 2. The second-order valence-corrected chi connectivity index (χ2v) is 5.68. The van der Waals surface area contributed by atoms with Crippen molar-refractivity contribution in [3.8, 4) is 0 Å². The number of carboxylic acids is 1. The average Bonchev–Trinajstić information content (AvgIpc) is 2.91. The minimum atomic E-state index is -1.26. The molecule has 1 aromatic carbocycles. The Bertz CT molecular complexity index is 543. The number of carbonyl (C=O) groups is 2. The van der Waals surface area contributed by atoms with Gasteiger partial charge in [0.1, 0.15) is 0 Å². The molecule has 0 fully saturated rings. The maximum absolute atomic E-state index is 12.4. The lowest BCUT2D eigenvalue weighted by Gasteiger charge is -2.26. The summed E-state index contributed by atoms with van der Waals surface area (Å²) in [5.41, 5.74) is 1.43. The van der Waals surface area contributed by atoms with Gasteiger partial charge in [0.25, 0.3) is 0 Å². The molecule has 1 aliphatic heterocycles. The second kappa shape index (κ2) is 7.29. The molecule has 22 heavy (non-hydrogen) atoms. The first-order chi connectivity index (χ1) is 10.6. The molecule has 1 amide bonds. The number of benzene rings is 1. The van der Waals surface area contributed by atoms with Crippen LogP contribution < -0.4 is 10.0 Å². The zero-order valence-electron chi connectivity index (χ0n) is 13.1. The molecule has 5 heteroatoms. The highest BCUT2D eigenvalue weighted by molar-refractivity contribution is 5.97. The van der Waals surface area contributed by atoms with E-state index in [1.807, 2.05) is 12.1 Å². The van der Waals surface area contributed by atoms with Crippen molar-refractivity contribution in [1.29, 1.82) is 0 Å². The molecule has 2 atom stereocenters. The zero-order valence-corrected chi connectivity index (χ0v) is 13.1. The number of para-hydroxylation sites is 1. The Morgan fingerprint density at radius 3 is 2.73 bits per heavy atom. The van der Waals surface area contributed by atoms with E-state index in [-0.39, 0.29) is 6.42 Å². The van der Waals surface area contributed by atoms with Crippen LogP contribution in [0.2, 0.25) is 0 Å². The number of carboxylic acid groups (broad SMARTS) is 1. The predicted molar refractivity (Wildman–Crippen MR) is 81.5 cm³/mol. The summed E-state index contributed by atoms with van der Waals surface area (Å²) in [7, 11) is 0. The maximum Gasteiger partial charge on any atom is 0.414 e. The number of rotatable bonds is 6. The van der Waals surface area contributed by atoms with Crippen LogP contribution in [-0.4, -0.2) is 24.7 Å². The zero-order chi connectivity index (χ0) is 16.1. The van der Waals surface area contributed by atoms with Gasteiger partial charge in [0.05, 0.1) is 24.3 Å². The molecular formula is C17H22NO4-. The molecule has 0 bridgehead atoms. The number of ether oxygens (including phenoxy) is 1. The predicted octanol–water partition coefficient (Wildman–Crippen LogP) is 2.13. The third-order valence-corrected chi connectivity index (χ3v) is 4.16. The Morgan fingerprint density at radius 2 is 2.09 bits per heavy atom. The summed E-state index contributed by atoms with van der Waals surface area (Å²) in [5, 5.41) is 11.3. The molecule has 0 aliphatic carbocycles. The Hall–Kier alpha value is -2.04. The third kappa shape index (κ3) is 3.40. The highest BCUT2D eigenvalue weighted by atomic mass is 16.6. The summed E-state index contributed by atoms with van der Waals surface area (Å²) >= 11 is 0. The van der Waals surface area contributed by atoms with Crippen LogP contribution >= 0.6 is 0 Å². The molecule has 2 rings (SSSR count). The van der Waals surface area contributed by atoms with Crippen LogP contribution in [0.5, 0.6) is 0 Å². The Balaban J connectivity index is 2.10. The fourth-order valence-corrected chi connectivity index (χ4v) is 2.87. The van der Waals surface area contributed by atoms with Crippen molar-refractivity contribution < 1.29 is 19.4 Å². The lowest BCUT2D eigenvalue weighted by Crippen LogP contribution is -2.49. The lowest BCUT2D eigenvalue weighted by atomic mass is 10.0. The monoisotopic (exact) mass is 304 g/mol. The normalized spacial score (nSPS) is 17.9. The standard InChI is InChI=1S/C17H23NO4/c1-3-7-12(4-2)11-22-17(21)18-14-9-6-5-8-13(14)10-15(18)16(19)20/h5-6,8-9,12,15H,3-4,7,10-11H2,1-2H3,(H,19,20)/p-1. The van der Waals surface area contributed by atoms with E-state index in [2.05, 4.69) is 13.8 Å². The molecule has 2 unspecified atom stereocenters. The van der Waals surface area contributed by atoms with Crippen LogP contribution in [0.25, 0.3) is 0 Å². The summed E-state index contributed by atoms with van der Waals surface area (Å²) in [6.07, 6.45) is 2.62. The van der Waals surface area contributed by atoms with Crippen LogP contribution in [-0.2, 0) is 16.0 Å². The van der Waals surface area contributed by atoms with Crippen molar-refractivity contribution in [3.63, 3.8) is 0 Å². The molecule has 0 N–H and O–H groups in total. The first-order valence-electron chi connectivity index (χ1n) is 7.83. The minimum absolute atomic E-state index is 0.264. The van der Waals surface area contributed by atoms with E-state index in [1.165, 1.54) is 4.90 Å². The molecule has 0 saturated carbocycles. The quantitative estimate of drug-likeness (QED) is 0.807. The van der Waals surface area contributed by atoms with E-state index in [0.29, 0.717) is 18.2 Å². The van der Waals surface area contributed by atoms with Crippen LogP contribution in [0.15, 0.2) is 24.3 Å². The highest BCUT2D eigenvalue weighted by Crippen LogP contribution is 2.32. The van der Waals surface area contributed by atoms with E-state index in [4.69, 9.17) is 4.74 Å². The number of aliphatic carboxylic acids is 1. The Morgan fingerprint density at radius 1 is 1.36 bits per heavy atom. The molecule has 120 valence electrons. The lowest BCUT2D eigenvalue weighted by molar-refractivity contribution is -0.307. The van der Waals surface area contributed by atoms with Gasteiger partial charge in [-0.2, -0.15) is 0 Å². The van der Waals surface area contributed by atoms with E-state index >= 15 is 0 Å². The van der Waals surface area contributed by atoms with E-state index in [1.54, 1.807) is 12.1 Å². The molecule has 1 heterocycles. The highest BCUT2D eigenvalue weighted by Gasteiger charge is 2.35. The number of hydrogen-bond acceptors (Lipinski definition) is 4. The van der Waals surface area contributed by atoms with Gasteiger partial charge in [-0.25, -0.2) is 4.79 Å². The van der Waals surface area contributed by atoms with Crippen molar-refractivity contribution in [2.24, 2.45) is 5.92 Å². The first kappa shape index (κ1) is 16.3. The molecule has 0 aromatic heterocycles. The first-order valence-corrected chi connectivity index (χ1v) is 7.83. The van der Waals surface area contributed by atoms with E-state index in [9.17, 15) is 14.7 Å². The van der Waals surface area contributed by atoms with Crippen LogP contribution in [0.4, 0.5) is 10.5 Å². The number of anilines is 1. The van der Waals surface area contributed by atoms with Gasteiger partial charge >= 0.3 is 6.09 Å². The topological polar surface area (TPSA) is 69.7 Å². The maximum atomic E-state index is 12.4. The molecule has 0 spiro atoms. The van der Waals surface area contributed by atoms with Crippen LogP contribution in [0, 0.1) is 5.92 Å². The number of nitrogens with zero attached hydrogens (tertiary/aromatic N) is 1. The fourth-order valence-electron chi connectivity index (χ4n) is 2.87. The summed E-state index contributed by atoms with van der Waals surface area (Å²) < 4.78 is 5.36. The minimum Gasteiger partial charge on any atom is -0.548 e. The number of hydrogen-bond donors (Lipinski definition) is 0.